The highest BCUT2D eigenvalue weighted by Gasteiger charge is 2.05. The molecule has 1 aliphatic rings. The third-order valence-electron chi connectivity index (χ3n) is 2.46. The molecule has 2 heteroatoms. The quantitative estimate of drug-likeness (QED) is 0.552. The van der Waals surface area contributed by atoms with Gasteiger partial charge in [0.15, 0.2) is 0 Å². The van der Waals surface area contributed by atoms with Crippen LogP contribution < -0.4 is 5.32 Å². The predicted octanol–water partition coefficient (Wildman–Crippen LogP) is 3.61. The van der Waals surface area contributed by atoms with Crippen LogP contribution in [0.1, 0.15) is 58.8 Å². The molecular formula is C12H21N2. The van der Waals surface area contributed by atoms with Crippen molar-refractivity contribution < 1.29 is 0 Å². The maximum Gasteiger partial charge on any atom is 0.128 e. The molecule has 0 aromatic carbocycles. The van der Waals surface area contributed by atoms with Crippen LogP contribution in [0, 0.1) is 0 Å². The second-order valence-electron chi connectivity index (χ2n) is 3.95. The zero-order valence-corrected chi connectivity index (χ0v) is 9.42. The summed E-state index contributed by atoms with van der Waals surface area (Å²) < 4.78 is 0. The number of nitrogens with zero attached hydrogens (tertiary/aromatic N) is 2. The summed E-state index contributed by atoms with van der Waals surface area (Å²) in [4.78, 5) is 4.33. The van der Waals surface area contributed by atoms with Gasteiger partial charge in [0.1, 0.15) is 5.84 Å². The van der Waals surface area contributed by atoms with Crippen molar-refractivity contribution in [2.75, 3.05) is 0 Å². The van der Waals surface area contributed by atoms with E-state index in [9.17, 15) is 0 Å². The summed E-state index contributed by atoms with van der Waals surface area (Å²) in [7, 11) is 0. The standard InChI is InChI=1S/C12H21N2/c1-3-4-5-6-7-8-9-12-13-10-11(2)14-12/h10H,3-9H2,1-2H3. The lowest BCUT2D eigenvalue weighted by molar-refractivity contribution is 0.614. The largest absolute Gasteiger partial charge is 0.240 e. The topological polar surface area (TPSA) is 26.5 Å². The van der Waals surface area contributed by atoms with Gasteiger partial charge in [0.05, 0.1) is 11.9 Å². The fraction of sp³-hybridized carbons (Fsp3) is 0.750. The Morgan fingerprint density at radius 3 is 2.43 bits per heavy atom. The first kappa shape index (κ1) is 11.3. The molecule has 1 radical (unpaired) electrons. The highest BCUT2D eigenvalue weighted by Crippen LogP contribution is 2.10. The van der Waals surface area contributed by atoms with Crippen LogP contribution in [0.4, 0.5) is 0 Å². The summed E-state index contributed by atoms with van der Waals surface area (Å²) in [6, 6.07) is 0. The zero-order valence-electron chi connectivity index (χ0n) is 9.42. The van der Waals surface area contributed by atoms with Gasteiger partial charge in [0, 0.05) is 6.42 Å². The molecule has 0 amide bonds. The molecule has 1 rings (SSSR count). The minimum atomic E-state index is 1.03. The fourth-order valence-corrected chi connectivity index (χ4v) is 1.61. The first-order chi connectivity index (χ1) is 6.83. The summed E-state index contributed by atoms with van der Waals surface area (Å²) in [6.45, 7) is 4.25. The maximum absolute atomic E-state index is 4.33. The first-order valence-corrected chi connectivity index (χ1v) is 5.78. The van der Waals surface area contributed by atoms with E-state index in [1.807, 2.05) is 13.1 Å². The van der Waals surface area contributed by atoms with Crippen LogP contribution in [0.25, 0.3) is 0 Å². The second-order valence-corrected chi connectivity index (χ2v) is 3.95. The molecule has 1 heterocycles. The maximum atomic E-state index is 4.33. The van der Waals surface area contributed by atoms with Gasteiger partial charge in [0.2, 0.25) is 0 Å². The van der Waals surface area contributed by atoms with Crippen molar-refractivity contribution in [3.63, 3.8) is 0 Å². The third-order valence-corrected chi connectivity index (χ3v) is 2.46. The van der Waals surface area contributed by atoms with Crippen molar-refractivity contribution in [2.45, 2.75) is 58.8 Å². The van der Waals surface area contributed by atoms with E-state index >= 15 is 0 Å². The van der Waals surface area contributed by atoms with Gasteiger partial charge in [-0.3, -0.25) is 0 Å². The Morgan fingerprint density at radius 1 is 1.07 bits per heavy atom. The van der Waals surface area contributed by atoms with E-state index in [0.717, 1.165) is 18.0 Å². The molecule has 79 valence electrons. The average Bonchev–Trinajstić information content (AvgIpc) is 2.58. The Balaban J connectivity index is 1.92. The lowest BCUT2D eigenvalue weighted by Gasteiger charge is -2.00. The van der Waals surface area contributed by atoms with Gasteiger partial charge in [-0.1, -0.05) is 39.0 Å². The lowest BCUT2D eigenvalue weighted by atomic mass is 10.1. The molecule has 0 aliphatic carbocycles. The minimum absolute atomic E-state index is 1.03. The summed E-state index contributed by atoms with van der Waals surface area (Å²) >= 11 is 0. The monoisotopic (exact) mass is 193 g/mol. The van der Waals surface area contributed by atoms with Crippen LogP contribution in [0.3, 0.4) is 0 Å². The van der Waals surface area contributed by atoms with E-state index in [-0.39, 0.29) is 0 Å². The van der Waals surface area contributed by atoms with Crippen molar-refractivity contribution in [1.82, 2.24) is 5.32 Å². The molecule has 14 heavy (non-hydrogen) atoms. The summed E-state index contributed by atoms with van der Waals surface area (Å²) in [5.74, 6) is 1.03. The van der Waals surface area contributed by atoms with Crippen molar-refractivity contribution in [1.29, 1.82) is 0 Å². The molecule has 0 aromatic rings. The second kappa shape index (κ2) is 6.63. The van der Waals surface area contributed by atoms with Crippen molar-refractivity contribution >= 4 is 5.84 Å². The van der Waals surface area contributed by atoms with E-state index in [1.54, 1.807) is 0 Å². The van der Waals surface area contributed by atoms with Gasteiger partial charge in [-0.15, -0.1) is 0 Å². The van der Waals surface area contributed by atoms with Gasteiger partial charge >= 0.3 is 0 Å². The number of rotatable bonds is 7. The summed E-state index contributed by atoms with van der Waals surface area (Å²) in [6.07, 6.45) is 10.9. The number of aliphatic imine (C=N–C) groups is 1. The number of hydrogen-bond acceptors (Lipinski definition) is 1. The van der Waals surface area contributed by atoms with Crippen LogP contribution in [0.2, 0.25) is 0 Å². The van der Waals surface area contributed by atoms with Gasteiger partial charge in [0.25, 0.3) is 0 Å². The summed E-state index contributed by atoms with van der Waals surface area (Å²) in [5.41, 5.74) is 1.05. The minimum Gasteiger partial charge on any atom is -0.240 e. The molecule has 0 atom stereocenters. The Morgan fingerprint density at radius 2 is 1.79 bits per heavy atom. The third kappa shape index (κ3) is 4.45. The highest BCUT2D eigenvalue weighted by molar-refractivity contribution is 5.85. The molecule has 0 unspecified atom stereocenters. The number of allylic oxidation sites excluding steroid dienone is 1. The number of amidine groups is 1. The Labute approximate surface area is 87.5 Å². The van der Waals surface area contributed by atoms with E-state index in [2.05, 4.69) is 17.2 Å². The molecule has 2 nitrogen and oxygen atoms in total. The van der Waals surface area contributed by atoms with Gasteiger partial charge < -0.3 is 0 Å². The number of unbranched alkanes of at least 4 members (excludes halogenated alkanes) is 5. The van der Waals surface area contributed by atoms with E-state index < -0.39 is 0 Å². The molecule has 0 saturated carbocycles. The van der Waals surface area contributed by atoms with Crippen LogP contribution in [-0.4, -0.2) is 5.84 Å². The Hall–Kier alpha value is -0.790. The molecule has 0 aromatic heterocycles. The van der Waals surface area contributed by atoms with Crippen molar-refractivity contribution in [2.24, 2.45) is 4.99 Å². The van der Waals surface area contributed by atoms with Crippen LogP contribution in [0.15, 0.2) is 16.9 Å². The SMILES string of the molecule is CCCCCCCCC1=NC(C)=C[N]1. The normalized spacial score (nSPS) is 15.0. The zero-order chi connectivity index (χ0) is 10.2. The molecule has 0 saturated heterocycles. The van der Waals surface area contributed by atoms with E-state index in [0.29, 0.717) is 0 Å². The van der Waals surface area contributed by atoms with E-state index in [4.69, 9.17) is 0 Å². The predicted molar refractivity (Wildman–Crippen MR) is 61.3 cm³/mol. The number of hydrogen-bond donors (Lipinski definition) is 0. The first-order valence-electron chi connectivity index (χ1n) is 5.78. The van der Waals surface area contributed by atoms with E-state index in [1.165, 1.54) is 38.5 Å². The molecule has 0 fully saturated rings. The van der Waals surface area contributed by atoms with Crippen molar-refractivity contribution in [3.05, 3.63) is 11.9 Å². The smallest absolute Gasteiger partial charge is 0.128 e. The Kier molecular flexibility index (Phi) is 5.35. The highest BCUT2D eigenvalue weighted by atomic mass is 15.0. The summed E-state index contributed by atoms with van der Waals surface area (Å²) in [5, 5.41) is 4.24. The molecule has 1 aliphatic heterocycles. The molecule has 0 bridgehead atoms. The van der Waals surface area contributed by atoms with Crippen LogP contribution >= 0.6 is 0 Å². The molecule has 0 spiro atoms. The fourth-order valence-electron chi connectivity index (χ4n) is 1.61. The van der Waals surface area contributed by atoms with Gasteiger partial charge in [-0.25, -0.2) is 10.3 Å². The van der Waals surface area contributed by atoms with Crippen LogP contribution in [0.5, 0.6) is 0 Å². The lowest BCUT2D eigenvalue weighted by Crippen LogP contribution is -2.05. The van der Waals surface area contributed by atoms with Gasteiger partial charge in [-0.2, -0.15) is 0 Å². The van der Waals surface area contributed by atoms with Crippen molar-refractivity contribution in [3.8, 4) is 0 Å². The average molecular weight is 193 g/mol. The molecule has 0 N–H and O–H groups in total. The molecular weight excluding hydrogens is 172 g/mol. The van der Waals surface area contributed by atoms with Crippen LogP contribution in [-0.2, 0) is 0 Å². The Bertz CT molecular complexity index is 216. The van der Waals surface area contributed by atoms with Gasteiger partial charge in [-0.05, 0) is 13.3 Å².